The van der Waals surface area contributed by atoms with Crippen molar-refractivity contribution >= 4 is 54.2 Å². The number of thiazole rings is 1. The van der Waals surface area contributed by atoms with Gasteiger partial charge in [0.05, 0.1) is 21.2 Å². The predicted molar refractivity (Wildman–Crippen MR) is 136 cm³/mol. The molecular formula is C25H22ClN3O3S2. The second-order valence-corrected chi connectivity index (χ2v) is 11.7. The maximum Gasteiger partial charge on any atom is 0.260 e. The molecular weight excluding hydrogens is 490 g/mol. The Bertz CT molecular complexity index is 1450. The van der Waals surface area contributed by atoms with Crippen LogP contribution in [0.3, 0.4) is 0 Å². The van der Waals surface area contributed by atoms with Gasteiger partial charge in [0.2, 0.25) is 10.0 Å². The maximum absolute atomic E-state index is 13.6. The third-order valence-corrected chi connectivity index (χ3v) is 9.13. The summed E-state index contributed by atoms with van der Waals surface area (Å²) in [4.78, 5) is 20.1. The van der Waals surface area contributed by atoms with Crippen LogP contribution in [0.25, 0.3) is 10.2 Å². The molecule has 34 heavy (non-hydrogen) atoms. The topological polar surface area (TPSA) is 70.6 Å². The summed E-state index contributed by atoms with van der Waals surface area (Å²) in [7, 11) is -1.97. The zero-order valence-corrected chi connectivity index (χ0v) is 20.8. The van der Waals surface area contributed by atoms with Gasteiger partial charge in [-0.05, 0) is 54.8 Å². The number of aromatic nitrogens is 1. The van der Waals surface area contributed by atoms with Gasteiger partial charge in [-0.2, -0.15) is 4.31 Å². The summed E-state index contributed by atoms with van der Waals surface area (Å²) in [5.74, 6) is -0.265. The number of anilines is 1. The molecule has 9 heteroatoms. The van der Waals surface area contributed by atoms with Gasteiger partial charge in [0.25, 0.3) is 5.91 Å². The van der Waals surface area contributed by atoms with Gasteiger partial charge in [-0.3, -0.25) is 9.69 Å². The molecule has 1 aliphatic rings. The Morgan fingerprint density at radius 2 is 1.74 bits per heavy atom. The van der Waals surface area contributed by atoms with E-state index in [4.69, 9.17) is 11.6 Å². The van der Waals surface area contributed by atoms with Crippen LogP contribution in [0.2, 0.25) is 5.02 Å². The Balaban J connectivity index is 1.49. The number of hydrogen-bond donors (Lipinski definition) is 0. The summed E-state index contributed by atoms with van der Waals surface area (Å²) in [6.45, 7) is 0.321. The van der Waals surface area contributed by atoms with Crippen molar-refractivity contribution in [1.82, 2.24) is 9.29 Å². The van der Waals surface area contributed by atoms with E-state index in [0.717, 1.165) is 23.1 Å². The van der Waals surface area contributed by atoms with E-state index in [1.165, 1.54) is 27.8 Å². The Kier molecular flexibility index (Phi) is 6.16. The first-order chi connectivity index (χ1) is 16.3. The number of carbonyl (C=O) groups excluding carboxylic acids is 1. The van der Waals surface area contributed by atoms with Crippen molar-refractivity contribution in [2.75, 3.05) is 11.9 Å². The van der Waals surface area contributed by atoms with Crippen LogP contribution in [0.1, 0.15) is 28.8 Å². The molecule has 0 spiro atoms. The zero-order chi connectivity index (χ0) is 23.9. The number of hydrogen-bond acceptors (Lipinski definition) is 5. The van der Waals surface area contributed by atoms with Gasteiger partial charge < -0.3 is 0 Å². The fraction of sp³-hybridized carbons (Fsp3) is 0.200. The Hall–Kier alpha value is -2.78. The number of carbonyl (C=O) groups is 1. The molecule has 0 aliphatic heterocycles. The lowest BCUT2D eigenvalue weighted by Gasteiger charge is -2.21. The Morgan fingerprint density at radius 3 is 2.38 bits per heavy atom. The number of rotatable bonds is 7. The number of nitrogens with zero attached hydrogens (tertiary/aromatic N) is 3. The second kappa shape index (κ2) is 9.11. The number of sulfonamides is 1. The summed E-state index contributed by atoms with van der Waals surface area (Å²) in [6, 6.07) is 21.4. The van der Waals surface area contributed by atoms with Crippen molar-refractivity contribution in [3.05, 3.63) is 88.9 Å². The number of para-hydroxylation sites is 1. The zero-order valence-electron chi connectivity index (χ0n) is 18.4. The molecule has 1 amide bonds. The van der Waals surface area contributed by atoms with E-state index >= 15 is 0 Å². The molecule has 1 heterocycles. The van der Waals surface area contributed by atoms with Crippen LogP contribution in [0.4, 0.5) is 5.13 Å². The van der Waals surface area contributed by atoms with Crippen LogP contribution >= 0.6 is 22.9 Å². The molecule has 0 N–H and O–H groups in total. The predicted octanol–water partition coefficient (Wildman–Crippen LogP) is 5.58. The van der Waals surface area contributed by atoms with E-state index in [1.807, 2.05) is 42.5 Å². The lowest BCUT2D eigenvalue weighted by Crippen LogP contribution is -2.31. The van der Waals surface area contributed by atoms with E-state index in [1.54, 1.807) is 30.1 Å². The quantitative estimate of drug-likeness (QED) is 0.325. The first-order valence-corrected chi connectivity index (χ1v) is 13.5. The molecule has 0 radical (unpaired) electrons. The molecule has 4 aromatic rings. The number of benzene rings is 3. The number of halogens is 1. The van der Waals surface area contributed by atoms with Gasteiger partial charge in [0.15, 0.2) is 5.13 Å². The van der Waals surface area contributed by atoms with Gasteiger partial charge in [-0.1, -0.05) is 59.3 Å². The van der Waals surface area contributed by atoms with Gasteiger partial charge >= 0.3 is 0 Å². The van der Waals surface area contributed by atoms with Gasteiger partial charge in [0, 0.05) is 18.7 Å². The average molecular weight is 512 g/mol. The largest absolute Gasteiger partial charge is 0.279 e. The molecule has 1 aliphatic carbocycles. The van der Waals surface area contributed by atoms with Crippen molar-refractivity contribution < 1.29 is 13.2 Å². The van der Waals surface area contributed by atoms with E-state index < -0.39 is 10.0 Å². The molecule has 0 atom stereocenters. The molecule has 1 aromatic heterocycles. The molecule has 1 saturated carbocycles. The van der Waals surface area contributed by atoms with E-state index in [9.17, 15) is 13.2 Å². The normalized spacial score (nSPS) is 14.0. The van der Waals surface area contributed by atoms with Crippen LogP contribution in [0.15, 0.2) is 77.7 Å². The molecule has 0 saturated heterocycles. The van der Waals surface area contributed by atoms with Crippen LogP contribution in [-0.4, -0.2) is 36.7 Å². The Labute approximate surface area is 207 Å². The van der Waals surface area contributed by atoms with Crippen molar-refractivity contribution in [3.8, 4) is 0 Å². The van der Waals surface area contributed by atoms with Gasteiger partial charge in [-0.25, -0.2) is 13.4 Å². The minimum absolute atomic E-state index is 0.0681. The average Bonchev–Trinajstić information content (AvgIpc) is 3.61. The first-order valence-electron chi connectivity index (χ1n) is 10.8. The highest BCUT2D eigenvalue weighted by atomic mass is 35.5. The SMILES string of the molecule is CN(C1CC1)S(=O)(=O)c1ccc(C(=O)N(Cc2ccccc2)c2nc3c(Cl)cccc3s2)cc1. The second-order valence-electron chi connectivity index (χ2n) is 8.24. The number of fused-ring (bicyclic) bond motifs is 1. The van der Waals surface area contributed by atoms with E-state index in [2.05, 4.69) is 4.98 Å². The van der Waals surface area contributed by atoms with Crippen LogP contribution < -0.4 is 4.90 Å². The van der Waals surface area contributed by atoms with E-state index in [-0.39, 0.29) is 16.8 Å². The molecule has 6 nitrogen and oxygen atoms in total. The lowest BCUT2D eigenvalue weighted by molar-refractivity contribution is 0.0985. The third kappa shape index (κ3) is 4.46. The highest BCUT2D eigenvalue weighted by Crippen LogP contribution is 2.34. The van der Waals surface area contributed by atoms with Crippen molar-refractivity contribution in [2.45, 2.75) is 30.3 Å². The smallest absolute Gasteiger partial charge is 0.260 e. The summed E-state index contributed by atoms with van der Waals surface area (Å²) >= 11 is 7.71. The lowest BCUT2D eigenvalue weighted by atomic mass is 10.1. The monoisotopic (exact) mass is 511 g/mol. The van der Waals surface area contributed by atoms with Crippen LogP contribution in [0.5, 0.6) is 0 Å². The minimum atomic E-state index is -3.58. The van der Waals surface area contributed by atoms with Gasteiger partial charge in [-0.15, -0.1) is 0 Å². The standard InChI is InChI=1S/C25H22ClN3O3S2/c1-28(19-12-13-19)34(31,32)20-14-10-18(11-15-20)24(30)29(16-17-6-3-2-4-7-17)25-27-23-21(26)8-5-9-22(23)33-25/h2-11,14-15,19H,12-13,16H2,1H3. The summed E-state index contributed by atoms with van der Waals surface area (Å²) in [6.07, 6.45) is 1.76. The minimum Gasteiger partial charge on any atom is -0.279 e. The van der Waals surface area contributed by atoms with E-state index in [0.29, 0.717) is 27.8 Å². The van der Waals surface area contributed by atoms with Crippen molar-refractivity contribution in [3.63, 3.8) is 0 Å². The van der Waals surface area contributed by atoms with Crippen molar-refractivity contribution in [2.24, 2.45) is 0 Å². The van der Waals surface area contributed by atoms with Crippen LogP contribution in [0, 0.1) is 0 Å². The fourth-order valence-electron chi connectivity index (χ4n) is 3.74. The summed E-state index contributed by atoms with van der Waals surface area (Å²) in [5, 5.41) is 1.06. The molecule has 174 valence electrons. The maximum atomic E-state index is 13.6. The number of amides is 1. The highest BCUT2D eigenvalue weighted by molar-refractivity contribution is 7.89. The summed E-state index contributed by atoms with van der Waals surface area (Å²) < 4.78 is 28.0. The summed E-state index contributed by atoms with van der Waals surface area (Å²) in [5.41, 5.74) is 1.99. The Morgan fingerprint density at radius 1 is 1.03 bits per heavy atom. The molecule has 0 unspecified atom stereocenters. The van der Waals surface area contributed by atoms with Gasteiger partial charge in [0.1, 0.15) is 5.52 Å². The molecule has 1 fully saturated rings. The van der Waals surface area contributed by atoms with Crippen LogP contribution in [-0.2, 0) is 16.6 Å². The molecule has 3 aromatic carbocycles. The highest BCUT2D eigenvalue weighted by Gasteiger charge is 2.35. The fourth-order valence-corrected chi connectivity index (χ4v) is 6.42. The first kappa shape index (κ1) is 23.0. The molecule has 5 rings (SSSR count). The molecule has 0 bridgehead atoms. The third-order valence-electron chi connectivity index (χ3n) is 5.86. The van der Waals surface area contributed by atoms with Crippen molar-refractivity contribution in [1.29, 1.82) is 0 Å².